The molecule has 1 aliphatic rings. The highest BCUT2D eigenvalue weighted by Gasteiger charge is 2.26. The molecule has 2 heterocycles. The van der Waals surface area contributed by atoms with Crippen LogP contribution < -0.4 is 10.0 Å². The van der Waals surface area contributed by atoms with E-state index in [1.165, 1.54) is 6.07 Å². The van der Waals surface area contributed by atoms with Crippen LogP contribution in [-0.2, 0) is 35.5 Å². The monoisotopic (exact) mass is 510 g/mol. The molecule has 0 unspecified atom stereocenters. The quantitative estimate of drug-likeness (QED) is 0.365. The van der Waals surface area contributed by atoms with Crippen molar-refractivity contribution in [2.45, 2.75) is 42.9 Å². The minimum Gasteiger partial charge on any atom is -0.386 e. The number of benzene rings is 2. The lowest BCUT2D eigenvalue weighted by molar-refractivity contribution is 0.0789. The normalized spacial score (nSPS) is 13.7. The first-order valence-electron chi connectivity index (χ1n) is 11.2. The molecule has 1 aliphatic carbocycles. The lowest BCUT2D eigenvalue weighted by atomic mass is 9.97. The van der Waals surface area contributed by atoms with Crippen molar-refractivity contribution in [1.82, 2.24) is 14.3 Å². The van der Waals surface area contributed by atoms with Crippen molar-refractivity contribution >= 4 is 44.1 Å². The largest absolute Gasteiger partial charge is 0.386 e. The number of fused-ring (bicyclic) bond motifs is 2. The number of carbonyl (C=O) groups is 1. The van der Waals surface area contributed by atoms with Gasteiger partial charge in [-0.15, -0.1) is 11.3 Å². The molecule has 10 heteroatoms. The number of sulfonamides is 1. The average molecular weight is 511 g/mol. The zero-order valence-electron chi connectivity index (χ0n) is 19.6. The van der Waals surface area contributed by atoms with E-state index in [0.29, 0.717) is 11.3 Å². The topological polar surface area (TPSA) is 113 Å². The molecule has 2 amide bonds. The molecule has 0 bridgehead atoms. The van der Waals surface area contributed by atoms with Crippen LogP contribution in [0, 0.1) is 0 Å². The highest BCUT2D eigenvalue weighted by Crippen LogP contribution is 2.38. The molecule has 0 saturated heterocycles. The minimum atomic E-state index is -4.10. The number of rotatable bonds is 5. The predicted octanol–water partition coefficient (Wildman–Crippen LogP) is 4.53. The molecule has 35 heavy (non-hydrogen) atoms. The number of anilines is 1. The molecule has 0 fully saturated rings. The Bertz CT molecular complexity index is 1560. The average Bonchev–Trinajstić information content (AvgIpc) is 3.53. The number of aryl methyl sites for hydroxylation is 2. The smallest absolute Gasteiger partial charge is 0.333 e. The molecular formula is C25H26N4O4S2. The van der Waals surface area contributed by atoms with Crippen molar-refractivity contribution in [2.24, 2.45) is 7.05 Å². The Labute approximate surface area is 207 Å². The van der Waals surface area contributed by atoms with Crippen LogP contribution in [0.25, 0.3) is 22.2 Å². The number of hydrogen-bond donors (Lipinski definition) is 3. The number of nitrogens with zero attached hydrogens (tertiary/aromatic N) is 2. The van der Waals surface area contributed by atoms with Gasteiger partial charge in [0.2, 0.25) is 0 Å². The van der Waals surface area contributed by atoms with Crippen LogP contribution in [0.15, 0.2) is 52.3 Å². The number of nitrogens with one attached hydrogen (secondary N) is 2. The first-order valence-corrected chi connectivity index (χ1v) is 13.6. The van der Waals surface area contributed by atoms with E-state index in [-0.39, 0.29) is 4.21 Å². The summed E-state index contributed by atoms with van der Waals surface area (Å²) in [5.41, 5.74) is 5.65. The maximum Gasteiger partial charge on any atom is 0.333 e. The molecule has 0 spiro atoms. The second-order valence-electron chi connectivity index (χ2n) is 9.31. The van der Waals surface area contributed by atoms with Crippen LogP contribution >= 0.6 is 11.3 Å². The molecular weight excluding hydrogens is 484 g/mol. The number of urea groups is 1. The molecule has 2 aromatic carbocycles. The van der Waals surface area contributed by atoms with E-state index in [1.54, 1.807) is 25.6 Å². The first kappa shape index (κ1) is 23.5. The molecule has 4 aromatic rings. The van der Waals surface area contributed by atoms with Gasteiger partial charge in [0.15, 0.2) is 0 Å². The summed E-state index contributed by atoms with van der Waals surface area (Å²) in [4.78, 5) is 17.3. The molecule has 8 nitrogen and oxygen atoms in total. The Hall–Kier alpha value is -3.21. The molecule has 0 radical (unpaired) electrons. The molecule has 182 valence electrons. The summed E-state index contributed by atoms with van der Waals surface area (Å²) in [6.07, 6.45) is 4.45. The fourth-order valence-electron chi connectivity index (χ4n) is 4.43. The van der Waals surface area contributed by atoms with Gasteiger partial charge in [-0.05, 0) is 78.9 Å². The van der Waals surface area contributed by atoms with Crippen molar-refractivity contribution in [3.05, 3.63) is 64.8 Å². The Morgan fingerprint density at radius 2 is 1.97 bits per heavy atom. The van der Waals surface area contributed by atoms with Gasteiger partial charge >= 0.3 is 6.03 Å². The maximum absolute atomic E-state index is 13.0. The summed E-state index contributed by atoms with van der Waals surface area (Å²) >= 11 is 0.956. The van der Waals surface area contributed by atoms with E-state index in [9.17, 15) is 18.3 Å². The van der Waals surface area contributed by atoms with Crippen LogP contribution in [0.5, 0.6) is 0 Å². The Balaban J connectivity index is 1.47. The van der Waals surface area contributed by atoms with Gasteiger partial charge in [-0.25, -0.2) is 22.9 Å². The van der Waals surface area contributed by atoms with E-state index in [1.807, 2.05) is 35.9 Å². The van der Waals surface area contributed by atoms with Gasteiger partial charge in [-0.2, -0.15) is 0 Å². The van der Waals surface area contributed by atoms with E-state index >= 15 is 0 Å². The van der Waals surface area contributed by atoms with Gasteiger partial charge in [-0.1, -0.05) is 18.2 Å². The van der Waals surface area contributed by atoms with E-state index in [0.717, 1.165) is 63.9 Å². The summed E-state index contributed by atoms with van der Waals surface area (Å²) in [5, 5.41) is 14.6. The van der Waals surface area contributed by atoms with Gasteiger partial charge in [0.1, 0.15) is 4.21 Å². The Kier molecular flexibility index (Phi) is 5.70. The van der Waals surface area contributed by atoms with Gasteiger partial charge < -0.3 is 15.0 Å². The van der Waals surface area contributed by atoms with E-state index in [4.69, 9.17) is 0 Å². The lowest BCUT2D eigenvalue weighted by Gasteiger charge is -2.17. The first-order chi connectivity index (χ1) is 16.5. The maximum atomic E-state index is 13.0. The van der Waals surface area contributed by atoms with Crippen molar-refractivity contribution in [1.29, 1.82) is 0 Å². The summed E-state index contributed by atoms with van der Waals surface area (Å²) in [6, 6.07) is 10.5. The fourth-order valence-corrected chi connectivity index (χ4v) is 6.68. The van der Waals surface area contributed by atoms with E-state index < -0.39 is 21.7 Å². The summed E-state index contributed by atoms with van der Waals surface area (Å²) in [7, 11) is -2.18. The standard InChI is InChI=1S/C25H26N4O4S2/c1-25(2,31)17-12-22(34-13-17)35(32,33)28-24(30)27-23-18-6-4-5-15(18)7-9-19(23)16-8-10-20-21(11-16)29(3)14-26-20/h7-14,31H,4-6H2,1-3H3,(H2,27,28,30). The van der Waals surface area contributed by atoms with E-state index in [2.05, 4.69) is 21.1 Å². The highest BCUT2D eigenvalue weighted by molar-refractivity contribution is 7.92. The Morgan fingerprint density at radius 1 is 1.17 bits per heavy atom. The number of aliphatic hydroxyl groups is 1. The van der Waals surface area contributed by atoms with Crippen LogP contribution in [0.4, 0.5) is 10.5 Å². The van der Waals surface area contributed by atoms with Crippen molar-refractivity contribution < 1.29 is 18.3 Å². The van der Waals surface area contributed by atoms with Gasteiger partial charge in [0.05, 0.1) is 28.6 Å². The number of carbonyl (C=O) groups excluding carboxylic acids is 1. The third-order valence-corrected chi connectivity index (χ3v) is 9.10. The highest BCUT2D eigenvalue weighted by atomic mass is 32.2. The van der Waals surface area contributed by atoms with Crippen LogP contribution in [0.1, 0.15) is 37.0 Å². The second kappa shape index (κ2) is 8.47. The van der Waals surface area contributed by atoms with Crippen LogP contribution in [-0.4, -0.2) is 29.1 Å². The lowest BCUT2D eigenvalue weighted by Crippen LogP contribution is -2.34. The molecule has 0 saturated carbocycles. The molecule has 2 aromatic heterocycles. The van der Waals surface area contributed by atoms with Crippen LogP contribution in [0.3, 0.4) is 0 Å². The number of hydrogen-bond acceptors (Lipinski definition) is 6. The van der Waals surface area contributed by atoms with Gasteiger partial charge in [0.25, 0.3) is 10.0 Å². The van der Waals surface area contributed by atoms with Gasteiger partial charge in [0, 0.05) is 12.6 Å². The summed E-state index contributed by atoms with van der Waals surface area (Å²) in [6.45, 7) is 3.15. The van der Waals surface area contributed by atoms with Crippen LogP contribution in [0.2, 0.25) is 0 Å². The number of thiophene rings is 1. The molecule has 5 rings (SSSR count). The number of aromatic nitrogens is 2. The third kappa shape index (κ3) is 4.44. The SMILES string of the molecule is Cn1cnc2ccc(-c3ccc4c(c3NC(=O)NS(=O)(=O)c3cc(C(C)(C)O)cs3)CCC4)cc21. The third-order valence-electron chi connectivity index (χ3n) is 6.33. The fraction of sp³-hybridized carbons (Fsp3) is 0.280. The van der Waals surface area contributed by atoms with Crippen molar-refractivity contribution in [3.8, 4) is 11.1 Å². The van der Waals surface area contributed by atoms with Crippen molar-refractivity contribution in [2.75, 3.05) is 5.32 Å². The zero-order chi connectivity index (χ0) is 25.0. The van der Waals surface area contributed by atoms with Gasteiger partial charge in [-0.3, -0.25) is 0 Å². The molecule has 3 N–H and O–H groups in total. The summed E-state index contributed by atoms with van der Waals surface area (Å²) < 4.78 is 29.7. The predicted molar refractivity (Wildman–Crippen MR) is 137 cm³/mol. The summed E-state index contributed by atoms with van der Waals surface area (Å²) in [5.74, 6) is 0. The molecule has 0 atom stereocenters. The van der Waals surface area contributed by atoms with Crippen molar-refractivity contribution in [3.63, 3.8) is 0 Å². The molecule has 0 aliphatic heterocycles. The number of imidazole rings is 1. The Morgan fingerprint density at radius 3 is 2.71 bits per heavy atom. The number of amides is 2. The second-order valence-corrected chi connectivity index (χ2v) is 12.1. The zero-order valence-corrected chi connectivity index (χ0v) is 21.3. The minimum absolute atomic E-state index is 0.0371.